The minimum atomic E-state index is 0.0635. The second-order valence-corrected chi connectivity index (χ2v) is 6.97. The summed E-state index contributed by atoms with van der Waals surface area (Å²) in [6, 6.07) is 10.1. The monoisotopic (exact) mass is 349 g/mol. The number of aromatic amines is 1. The molecule has 1 saturated heterocycles. The molecule has 0 unspecified atom stereocenters. The van der Waals surface area contributed by atoms with Crippen LogP contribution in [0.3, 0.4) is 0 Å². The van der Waals surface area contributed by atoms with E-state index in [9.17, 15) is 4.79 Å². The predicted molar refractivity (Wildman–Crippen MR) is 103 cm³/mol. The first-order chi connectivity index (χ1) is 12.5. The summed E-state index contributed by atoms with van der Waals surface area (Å²) in [5.74, 6) is 1.80. The summed E-state index contributed by atoms with van der Waals surface area (Å²) >= 11 is 0. The minimum absolute atomic E-state index is 0.0635. The number of aryl methyl sites for hydroxylation is 3. The lowest BCUT2D eigenvalue weighted by Gasteiger charge is -2.35. The number of nitrogens with zero attached hydrogens (tertiary/aromatic N) is 4. The van der Waals surface area contributed by atoms with Crippen molar-refractivity contribution in [3.8, 4) is 0 Å². The fourth-order valence-electron chi connectivity index (χ4n) is 3.52. The van der Waals surface area contributed by atoms with Gasteiger partial charge in [-0.2, -0.15) is 0 Å². The van der Waals surface area contributed by atoms with Gasteiger partial charge < -0.3 is 14.8 Å². The Labute approximate surface area is 152 Å². The first kappa shape index (κ1) is 16.6. The Balaban J connectivity index is 1.47. The molecule has 1 aromatic carbocycles. The van der Waals surface area contributed by atoms with Gasteiger partial charge in [0, 0.05) is 48.8 Å². The lowest BCUT2D eigenvalue weighted by Crippen LogP contribution is -2.49. The maximum Gasteiger partial charge on any atom is 0.270 e. The molecule has 1 fully saturated rings. The average Bonchev–Trinajstić information content (AvgIpc) is 3.03. The maximum absolute atomic E-state index is 12.9. The van der Waals surface area contributed by atoms with Gasteiger partial charge in [-0.25, -0.2) is 9.97 Å². The highest BCUT2D eigenvalue weighted by atomic mass is 16.2. The molecule has 26 heavy (non-hydrogen) atoms. The molecule has 4 rings (SSSR count). The van der Waals surface area contributed by atoms with Crippen LogP contribution in [0, 0.1) is 20.8 Å². The van der Waals surface area contributed by atoms with Crippen LogP contribution < -0.4 is 4.90 Å². The molecule has 2 aromatic heterocycles. The smallest absolute Gasteiger partial charge is 0.270 e. The van der Waals surface area contributed by atoms with Crippen molar-refractivity contribution in [3.05, 3.63) is 53.1 Å². The van der Waals surface area contributed by atoms with Crippen LogP contribution in [0.15, 0.2) is 30.3 Å². The Kier molecular flexibility index (Phi) is 4.11. The Morgan fingerprint density at radius 2 is 1.77 bits per heavy atom. The number of aromatic nitrogens is 3. The average molecular weight is 349 g/mol. The van der Waals surface area contributed by atoms with Gasteiger partial charge in [0.05, 0.1) is 0 Å². The van der Waals surface area contributed by atoms with Crippen molar-refractivity contribution in [2.75, 3.05) is 31.1 Å². The summed E-state index contributed by atoms with van der Waals surface area (Å²) in [5, 5.41) is 1.07. The Bertz CT molecular complexity index is 949. The number of rotatable bonds is 2. The zero-order valence-corrected chi connectivity index (χ0v) is 15.4. The van der Waals surface area contributed by atoms with Gasteiger partial charge in [-0.3, -0.25) is 4.79 Å². The van der Waals surface area contributed by atoms with Crippen LogP contribution in [-0.2, 0) is 0 Å². The normalized spacial score (nSPS) is 14.9. The van der Waals surface area contributed by atoms with E-state index in [0.717, 1.165) is 41.3 Å². The van der Waals surface area contributed by atoms with Gasteiger partial charge in [0.1, 0.15) is 17.3 Å². The topological polar surface area (TPSA) is 65.1 Å². The van der Waals surface area contributed by atoms with E-state index in [4.69, 9.17) is 0 Å². The third-order valence-corrected chi connectivity index (χ3v) is 4.85. The molecule has 134 valence electrons. The number of nitrogens with one attached hydrogen (secondary N) is 1. The SMILES string of the molecule is Cc1ccc2cc(C(=O)N3CCN(c4cc(C)nc(C)n4)CC3)[nH]c2c1. The molecule has 1 amide bonds. The first-order valence-corrected chi connectivity index (χ1v) is 8.95. The summed E-state index contributed by atoms with van der Waals surface area (Å²) in [6.07, 6.45) is 0. The van der Waals surface area contributed by atoms with Crippen LogP contribution in [-0.4, -0.2) is 51.9 Å². The summed E-state index contributed by atoms with van der Waals surface area (Å²) in [4.78, 5) is 29.1. The van der Waals surface area contributed by atoms with Crippen LogP contribution in [0.25, 0.3) is 10.9 Å². The second kappa shape index (κ2) is 6.44. The molecule has 6 heteroatoms. The van der Waals surface area contributed by atoms with Crippen LogP contribution in [0.4, 0.5) is 5.82 Å². The third-order valence-electron chi connectivity index (χ3n) is 4.85. The number of amides is 1. The molecule has 0 spiro atoms. The molecule has 1 N–H and O–H groups in total. The number of fused-ring (bicyclic) bond motifs is 1. The highest BCUT2D eigenvalue weighted by Crippen LogP contribution is 2.20. The van der Waals surface area contributed by atoms with Gasteiger partial charge in [-0.15, -0.1) is 0 Å². The number of carbonyl (C=O) groups is 1. The Hall–Kier alpha value is -2.89. The number of hydrogen-bond donors (Lipinski definition) is 1. The molecule has 3 heterocycles. The zero-order valence-electron chi connectivity index (χ0n) is 15.4. The molecule has 0 saturated carbocycles. The summed E-state index contributed by atoms with van der Waals surface area (Å²) in [6.45, 7) is 8.88. The lowest BCUT2D eigenvalue weighted by molar-refractivity contribution is 0.0741. The number of piperazine rings is 1. The minimum Gasteiger partial charge on any atom is -0.353 e. The van der Waals surface area contributed by atoms with E-state index < -0.39 is 0 Å². The van der Waals surface area contributed by atoms with Crippen molar-refractivity contribution in [2.45, 2.75) is 20.8 Å². The Morgan fingerprint density at radius 3 is 2.50 bits per heavy atom. The highest BCUT2D eigenvalue weighted by Gasteiger charge is 2.24. The van der Waals surface area contributed by atoms with Crippen molar-refractivity contribution in [1.82, 2.24) is 19.9 Å². The highest BCUT2D eigenvalue weighted by molar-refractivity contribution is 5.98. The van der Waals surface area contributed by atoms with E-state index in [2.05, 4.69) is 45.0 Å². The third kappa shape index (κ3) is 3.14. The summed E-state index contributed by atoms with van der Waals surface area (Å²) < 4.78 is 0. The maximum atomic E-state index is 12.9. The second-order valence-electron chi connectivity index (χ2n) is 6.97. The van der Waals surface area contributed by atoms with Crippen molar-refractivity contribution in [2.24, 2.45) is 0 Å². The molecule has 0 radical (unpaired) electrons. The first-order valence-electron chi connectivity index (χ1n) is 8.95. The van der Waals surface area contributed by atoms with Gasteiger partial charge >= 0.3 is 0 Å². The molecular formula is C20H23N5O. The number of benzene rings is 1. The molecule has 1 aliphatic heterocycles. The molecule has 1 aliphatic rings. The van der Waals surface area contributed by atoms with Crippen LogP contribution in [0.5, 0.6) is 0 Å². The van der Waals surface area contributed by atoms with Crippen LogP contribution in [0.2, 0.25) is 0 Å². The molecule has 3 aromatic rings. The fourth-order valence-corrected chi connectivity index (χ4v) is 3.52. The van der Waals surface area contributed by atoms with E-state index in [1.807, 2.05) is 30.9 Å². The standard InChI is InChI=1S/C20H23N5O/c1-13-4-5-16-12-18(23-17(16)10-13)20(26)25-8-6-24(7-9-25)19-11-14(2)21-15(3)22-19/h4-5,10-12,23H,6-9H2,1-3H3. The van der Waals surface area contributed by atoms with Crippen molar-refractivity contribution >= 4 is 22.6 Å². The number of anilines is 1. The van der Waals surface area contributed by atoms with E-state index in [1.165, 1.54) is 5.56 Å². The molecule has 6 nitrogen and oxygen atoms in total. The van der Waals surface area contributed by atoms with Gasteiger partial charge in [-0.05, 0) is 38.5 Å². The van der Waals surface area contributed by atoms with Gasteiger partial charge in [-0.1, -0.05) is 12.1 Å². The van der Waals surface area contributed by atoms with E-state index in [1.54, 1.807) is 0 Å². The van der Waals surface area contributed by atoms with E-state index in [0.29, 0.717) is 18.8 Å². The van der Waals surface area contributed by atoms with Crippen molar-refractivity contribution in [3.63, 3.8) is 0 Å². The largest absolute Gasteiger partial charge is 0.353 e. The number of H-pyrrole nitrogens is 1. The van der Waals surface area contributed by atoms with Crippen molar-refractivity contribution in [1.29, 1.82) is 0 Å². The van der Waals surface area contributed by atoms with Gasteiger partial charge in [0.25, 0.3) is 5.91 Å². The quantitative estimate of drug-likeness (QED) is 0.773. The summed E-state index contributed by atoms with van der Waals surface area (Å²) in [5.41, 5.74) is 3.83. The number of hydrogen-bond acceptors (Lipinski definition) is 4. The molecular weight excluding hydrogens is 326 g/mol. The lowest BCUT2D eigenvalue weighted by atomic mass is 10.2. The predicted octanol–water partition coefficient (Wildman–Crippen LogP) is 2.85. The zero-order chi connectivity index (χ0) is 18.3. The van der Waals surface area contributed by atoms with E-state index in [-0.39, 0.29) is 5.91 Å². The number of carbonyl (C=O) groups excluding carboxylic acids is 1. The van der Waals surface area contributed by atoms with Crippen molar-refractivity contribution < 1.29 is 4.79 Å². The van der Waals surface area contributed by atoms with E-state index >= 15 is 0 Å². The van der Waals surface area contributed by atoms with Gasteiger partial charge in [0.2, 0.25) is 0 Å². The fraction of sp³-hybridized carbons (Fsp3) is 0.350. The van der Waals surface area contributed by atoms with Gasteiger partial charge in [0.15, 0.2) is 0 Å². The molecule has 0 aliphatic carbocycles. The Morgan fingerprint density at radius 1 is 1.00 bits per heavy atom. The molecule has 0 atom stereocenters. The van der Waals surface area contributed by atoms with Crippen LogP contribution >= 0.6 is 0 Å². The van der Waals surface area contributed by atoms with Crippen LogP contribution in [0.1, 0.15) is 27.6 Å². The summed E-state index contributed by atoms with van der Waals surface area (Å²) in [7, 11) is 0. The molecule has 0 bridgehead atoms.